The Morgan fingerprint density at radius 3 is 2.31 bits per heavy atom. The number of rotatable bonds is 2. The largest absolute Gasteiger partial charge is 0.477 e. The lowest BCUT2D eigenvalue weighted by Crippen LogP contribution is -1.93. The van der Waals surface area contributed by atoms with Crippen molar-refractivity contribution >= 4 is 0 Å². The molecule has 0 bridgehead atoms. The first-order chi connectivity index (χ1) is 7.83. The molecule has 0 amide bonds. The molecule has 0 atom stereocenters. The van der Waals surface area contributed by atoms with Gasteiger partial charge in [0.25, 0.3) is 0 Å². The Morgan fingerprint density at radius 1 is 1.12 bits per heavy atom. The summed E-state index contributed by atoms with van der Waals surface area (Å²) in [6.45, 7) is 4.63. The van der Waals surface area contributed by atoms with Crippen LogP contribution in [0.4, 0.5) is 0 Å². The van der Waals surface area contributed by atoms with Crippen LogP contribution in [0.25, 0.3) is 0 Å². The Bertz CT molecular complexity index is 376. The Balaban J connectivity index is 0.000000165. The molecule has 0 saturated carbocycles. The molecule has 1 aromatic carbocycles. The van der Waals surface area contributed by atoms with E-state index in [9.17, 15) is 0 Å². The van der Waals surface area contributed by atoms with Crippen molar-refractivity contribution in [2.45, 2.75) is 13.8 Å². The van der Waals surface area contributed by atoms with E-state index in [4.69, 9.17) is 4.74 Å². The Labute approximate surface area is 96.1 Å². The first-order valence-corrected chi connectivity index (χ1v) is 5.23. The van der Waals surface area contributed by atoms with E-state index >= 15 is 0 Å². The average molecular weight is 216 g/mol. The second-order valence-corrected chi connectivity index (χ2v) is 3.13. The standard InChI is InChI=1S/C7H8.C6H8N2O/c1-7-5-3-2-4-6-7;1-2-9-6-5-7-3-4-8-6/h2-6H,1H3;3-5H,2H2,1H3. The second-order valence-electron chi connectivity index (χ2n) is 3.13. The summed E-state index contributed by atoms with van der Waals surface area (Å²) in [4.78, 5) is 7.70. The molecule has 0 aliphatic carbocycles. The van der Waals surface area contributed by atoms with Gasteiger partial charge in [-0.05, 0) is 13.8 Å². The van der Waals surface area contributed by atoms with Crippen LogP contribution in [0, 0.1) is 6.92 Å². The molecule has 0 aliphatic rings. The Morgan fingerprint density at radius 2 is 1.88 bits per heavy atom. The Hall–Kier alpha value is -1.90. The highest BCUT2D eigenvalue weighted by molar-refractivity contribution is 5.11. The van der Waals surface area contributed by atoms with E-state index in [0.29, 0.717) is 12.5 Å². The van der Waals surface area contributed by atoms with Gasteiger partial charge < -0.3 is 4.74 Å². The highest BCUT2D eigenvalue weighted by Crippen LogP contribution is 1.98. The summed E-state index contributed by atoms with van der Waals surface area (Å²) in [6, 6.07) is 10.3. The van der Waals surface area contributed by atoms with Gasteiger partial charge >= 0.3 is 0 Å². The van der Waals surface area contributed by atoms with Gasteiger partial charge in [-0.3, -0.25) is 4.98 Å². The summed E-state index contributed by atoms with van der Waals surface area (Å²) < 4.78 is 5.03. The number of hydrogen-bond acceptors (Lipinski definition) is 3. The molecule has 3 heteroatoms. The van der Waals surface area contributed by atoms with Gasteiger partial charge in [0.05, 0.1) is 12.8 Å². The van der Waals surface area contributed by atoms with Gasteiger partial charge in [-0.15, -0.1) is 0 Å². The lowest BCUT2D eigenvalue weighted by Gasteiger charge is -1.96. The number of benzene rings is 1. The van der Waals surface area contributed by atoms with Crippen LogP contribution in [0.1, 0.15) is 12.5 Å². The van der Waals surface area contributed by atoms with Crippen LogP contribution in [0.5, 0.6) is 5.88 Å². The van der Waals surface area contributed by atoms with Crippen molar-refractivity contribution in [3.05, 3.63) is 54.5 Å². The van der Waals surface area contributed by atoms with E-state index in [2.05, 4.69) is 29.0 Å². The van der Waals surface area contributed by atoms with Crippen LogP contribution in [0.2, 0.25) is 0 Å². The first kappa shape index (κ1) is 12.2. The van der Waals surface area contributed by atoms with Crippen molar-refractivity contribution in [2.24, 2.45) is 0 Å². The van der Waals surface area contributed by atoms with Crippen molar-refractivity contribution in [1.29, 1.82) is 0 Å². The molecular weight excluding hydrogens is 200 g/mol. The third-order valence-electron chi connectivity index (χ3n) is 1.77. The van der Waals surface area contributed by atoms with Crippen LogP contribution >= 0.6 is 0 Å². The minimum Gasteiger partial charge on any atom is -0.477 e. The van der Waals surface area contributed by atoms with Gasteiger partial charge in [0.2, 0.25) is 5.88 Å². The average Bonchev–Trinajstić information content (AvgIpc) is 2.33. The zero-order valence-corrected chi connectivity index (χ0v) is 9.63. The minimum absolute atomic E-state index is 0.583. The highest BCUT2D eigenvalue weighted by Gasteiger charge is 1.86. The summed E-state index contributed by atoms with van der Waals surface area (Å²) in [5.41, 5.74) is 1.32. The van der Waals surface area contributed by atoms with Gasteiger partial charge in [0.1, 0.15) is 0 Å². The van der Waals surface area contributed by atoms with Crippen molar-refractivity contribution in [3.8, 4) is 5.88 Å². The lowest BCUT2D eigenvalue weighted by atomic mass is 10.2. The van der Waals surface area contributed by atoms with E-state index in [0.717, 1.165) is 0 Å². The van der Waals surface area contributed by atoms with Gasteiger partial charge in [-0.2, -0.15) is 0 Å². The van der Waals surface area contributed by atoms with Crippen LogP contribution < -0.4 is 4.74 Å². The van der Waals surface area contributed by atoms with E-state index in [1.54, 1.807) is 18.6 Å². The molecule has 2 rings (SSSR count). The quantitative estimate of drug-likeness (QED) is 0.774. The first-order valence-electron chi connectivity index (χ1n) is 5.23. The summed E-state index contributed by atoms with van der Waals surface area (Å²) in [7, 11) is 0. The van der Waals surface area contributed by atoms with Crippen LogP contribution in [-0.4, -0.2) is 16.6 Å². The summed E-state index contributed by atoms with van der Waals surface area (Å²) in [5, 5.41) is 0. The fourth-order valence-corrected chi connectivity index (χ4v) is 1.04. The SMILES string of the molecule is CCOc1cnccn1.Cc1ccccc1. The predicted molar refractivity (Wildman–Crippen MR) is 64.4 cm³/mol. The van der Waals surface area contributed by atoms with E-state index in [1.165, 1.54) is 5.56 Å². The Kier molecular flexibility index (Phi) is 5.63. The monoisotopic (exact) mass is 216 g/mol. The highest BCUT2D eigenvalue weighted by atomic mass is 16.5. The summed E-state index contributed by atoms with van der Waals surface area (Å²) >= 11 is 0. The smallest absolute Gasteiger partial charge is 0.232 e. The zero-order valence-electron chi connectivity index (χ0n) is 9.63. The molecule has 3 nitrogen and oxygen atoms in total. The fraction of sp³-hybridized carbons (Fsp3) is 0.231. The topological polar surface area (TPSA) is 35.0 Å². The lowest BCUT2D eigenvalue weighted by molar-refractivity contribution is 0.325. The molecule has 84 valence electrons. The van der Waals surface area contributed by atoms with Crippen molar-refractivity contribution in [2.75, 3.05) is 6.61 Å². The molecule has 1 aromatic heterocycles. The van der Waals surface area contributed by atoms with Gasteiger partial charge in [-0.1, -0.05) is 35.9 Å². The predicted octanol–water partition coefficient (Wildman–Crippen LogP) is 2.87. The molecular formula is C13H16N2O. The number of nitrogens with zero attached hydrogens (tertiary/aromatic N) is 2. The van der Waals surface area contributed by atoms with E-state index in [1.807, 2.05) is 25.1 Å². The van der Waals surface area contributed by atoms with Gasteiger partial charge in [0, 0.05) is 12.4 Å². The molecule has 0 radical (unpaired) electrons. The molecule has 2 aromatic rings. The maximum Gasteiger partial charge on any atom is 0.232 e. The van der Waals surface area contributed by atoms with Crippen molar-refractivity contribution in [3.63, 3.8) is 0 Å². The third kappa shape index (κ3) is 5.10. The third-order valence-corrected chi connectivity index (χ3v) is 1.77. The molecule has 0 unspecified atom stereocenters. The number of ether oxygens (including phenoxy) is 1. The zero-order chi connectivity index (χ0) is 11.6. The molecule has 0 saturated heterocycles. The van der Waals surface area contributed by atoms with E-state index in [-0.39, 0.29) is 0 Å². The summed E-state index contributed by atoms with van der Waals surface area (Å²) in [6.07, 6.45) is 4.80. The van der Waals surface area contributed by atoms with Crippen LogP contribution in [0.3, 0.4) is 0 Å². The minimum atomic E-state index is 0.583. The molecule has 1 heterocycles. The number of hydrogen-bond donors (Lipinski definition) is 0. The molecule has 0 N–H and O–H groups in total. The van der Waals surface area contributed by atoms with Gasteiger partial charge in [-0.25, -0.2) is 4.98 Å². The number of aromatic nitrogens is 2. The number of aryl methyl sites for hydroxylation is 1. The maximum atomic E-state index is 5.03. The maximum absolute atomic E-state index is 5.03. The van der Waals surface area contributed by atoms with Crippen LogP contribution in [-0.2, 0) is 0 Å². The second kappa shape index (κ2) is 7.40. The van der Waals surface area contributed by atoms with Gasteiger partial charge in [0.15, 0.2) is 0 Å². The van der Waals surface area contributed by atoms with Crippen molar-refractivity contribution in [1.82, 2.24) is 9.97 Å². The molecule has 0 aliphatic heterocycles. The normalized spacial score (nSPS) is 8.88. The van der Waals surface area contributed by atoms with E-state index < -0.39 is 0 Å². The van der Waals surface area contributed by atoms with Crippen LogP contribution in [0.15, 0.2) is 48.9 Å². The summed E-state index contributed by atoms with van der Waals surface area (Å²) in [5.74, 6) is 0.583. The van der Waals surface area contributed by atoms with Crippen molar-refractivity contribution < 1.29 is 4.74 Å². The molecule has 0 spiro atoms. The molecule has 16 heavy (non-hydrogen) atoms. The molecule has 0 fully saturated rings. The fourth-order valence-electron chi connectivity index (χ4n) is 1.04.